The molecule has 28 heavy (non-hydrogen) atoms. The molecule has 0 saturated carbocycles. The van der Waals surface area contributed by atoms with Crippen LogP contribution in [0.1, 0.15) is 29.8 Å². The van der Waals surface area contributed by atoms with Crippen LogP contribution in [0.5, 0.6) is 6.01 Å². The number of hydrogen-bond donors (Lipinski definition) is 2. The molecule has 0 bridgehead atoms. The number of hydrogen-bond acceptors (Lipinski definition) is 6. The Labute approximate surface area is 162 Å². The third kappa shape index (κ3) is 3.80. The summed E-state index contributed by atoms with van der Waals surface area (Å²) in [6.07, 6.45) is 1.41. The van der Waals surface area contributed by atoms with Crippen LogP contribution in [0, 0.1) is 0 Å². The van der Waals surface area contributed by atoms with E-state index in [9.17, 15) is 9.59 Å². The maximum Gasteiger partial charge on any atom is 0.318 e. The first-order valence-electron chi connectivity index (χ1n) is 9.13. The van der Waals surface area contributed by atoms with Crippen LogP contribution in [0.4, 0.5) is 5.82 Å². The Morgan fingerprint density at radius 2 is 1.89 bits per heavy atom. The zero-order valence-corrected chi connectivity index (χ0v) is 16.2. The van der Waals surface area contributed by atoms with Crippen molar-refractivity contribution in [2.75, 3.05) is 25.1 Å². The molecule has 3 aromatic rings. The molecule has 0 aliphatic carbocycles. The number of aromatic amines is 1. The molecule has 8 heteroatoms. The van der Waals surface area contributed by atoms with Crippen molar-refractivity contribution in [3.63, 3.8) is 0 Å². The largest absolute Gasteiger partial charge is 0.467 e. The van der Waals surface area contributed by atoms with Gasteiger partial charge in [-0.2, -0.15) is 9.97 Å². The minimum absolute atomic E-state index is 0.00492. The molecule has 1 amide bonds. The van der Waals surface area contributed by atoms with Crippen LogP contribution < -0.4 is 20.4 Å². The Kier molecular flexibility index (Phi) is 5.88. The number of amides is 1. The minimum Gasteiger partial charge on any atom is -0.467 e. The normalized spacial score (nSPS) is 10.7. The van der Waals surface area contributed by atoms with E-state index < -0.39 is 11.3 Å². The number of nitrogens with zero attached hydrogens (tertiary/aromatic N) is 3. The van der Waals surface area contributed by atoms with Crippen LogP contribution in [0.3, 0.4) is 0 Å². The van der Waals surface area contributed by atoms with Crippen molar-refractivity contribution >= 4 is 22.8 Å². The number of ether oxygens (including phenoxy) is 1. The second-order valence-electron chi connectivity index (χ2n) is 6.13. The molecule has 0 unspecified atom stereocenters. The van der Waals surface area contributed by atoms with Gasteiger partial charge in [-0.25, -0.2) is 0 Å². The van der Waals surface area contributed by atoms with Gasteiger partial charge in [-0.15, -0.1) is 0 Å². The van der Waals surface area contributed by atoms with Crippen molar-refractivity contribution in [1.82, 2.24) is 20.3 Å². The Morgan fingerprint density at radius 3 is 2.54 bits per heavy atom. The van der Waals surface area contributed by atoms with Crippen molar-refractivity contribution < 1.29 is 9.53 Å². The molecule has 2 heterocycles. The summed E-state index contributed by atoms with van der Waals surface area (Å²) < 4.78 is 5.16. The molecular weight excluding hydrogens is 358 g/mol. The Balaban J connectivity index is 2.00. The molecule has 0 spiro atoms. The van der Waals surface area contributed by atoms with E-state index in [2.05, 4.69) is 20.3 Å². The van der Waals surface area contributed by atoms with E-state index in [-0.39, 0.29) is 17.1 Å². The van der Waals surface area contributed by atoms with Crippen LogP contribution in [-0.4, -0.2) is 41.1 Å². The first-order valence-corrected chi connectivity index (χ1v) is 9.13. The fourth-order valence-electron chi connectivity index (χ4n) is 2.95. The van der Waals surface area contributed by atoms with Crippen LogP contribution in [0.15, 0.2) is 41.3 Å². The van der Waals surface area contributed by atoms with Gasteiger partial charge in [-0.05, 0) is 19.4 Å². The average molecular weight is 381 g/mol. The highest BCUT2D eigenvalue weighted by Gasteiger charge is 2.19. The van der Waals surface area contributed by atoms with Crippen LogP contribution in [0.2, 0.25) is 0 Å². The second-order valence-corrected chi connectivity index (χ2v) is 6.13. The fourth-order valence-corrected chi connectivity index (χ4v) is 2.95. The lowest BCUT2D eigenvalue weighted by atomic mass is 10.2. The maximum absolute atomic E-state index is 13.0. The summed E-state index contributed by atoms with van der Waals surface area (Å²) >= 11 is 0. The molecule has 2 N–H and O–H groups in total. The minimum atomic E-state index is -0.464. The number of fused-ring (bicyclic) bond motifs is 1. The van der Waals surface area contributed by atoms with Crippen LogP contribution in [0.25, 0.3) is 11.0 Å². The van der Waals surface area contributed by atoms with Crippen molar-refractivity contribution in [2.45, 2.75) is 20.4 Å². The number of carbonyl (C=O) groups is 1. The van der Waals surface area contributed by atoms with Crippen LogP contribution in [-0.2, 0) is 6.54 Å². The first-order chi connectivity index (χ1) is 13.6. The topological polar surface area (TPSA) is 100 Å². The smallest absolute Gasteiger partial charge is 0.318 e. The summed E-state index contributed by atoms with van der Waals surface area (Å²) in [5.41, 5.74) is 1.08. The van der Waals surface area contributed by atoms with Gasteiger partial charge in [0.2, 0.25) is 5.43 Å². The molecule has 3 rings (SSSR count). The number of benzene rings is 1. The van der Waals surface area contributed by atoms with E-state index in [4.69, 9.17) is 4.74 Å². The summed E-state index contributed by atoms with van der Waals surface area (Å²) in [4.78, 5) is 39.1. The van der Waals surface area contributed by atoms with E-state index in [1.165, 1.54) is 13.3 Å². The maximum atomic E-state index is 13.0. The summed E-state index contributed by atoms with van der Waals surface area (Å²) in [6.45, 7) is 5.72. The number of methoxy groups -OCH3 is 1. The number of carbonyl (C=O) groups excluding carboxylic acids is 1. The van der Waals surface area contributed by atoms with Crippen LogP contribution >= 0.6 is 0 Å². The van der Waals surface area contributed by atoms with E-state index >= 15 is 0 Å². The van der Waals surface area contributed by atoms with E-state index in [0.717, 1.165) is 5.56 Å². The van der Waals surface area contributed by atoms with Gasteiger partial charge in [0.05, 0.1) is 7.11 Å². The highest BCUT2D eigenvalue weighted by Crippen LogP contribution is 2.22. The number of rotatable bonds is 7. The second kappa shape index (κ2) is 8.51. The molecule has 0 aliphatic rings. The third-order valence-corrected chi connectivity index (χ3v) is 4.48. The SMILES string of the molecule is CCN(CC)c1nc(OC)nc2c(=O)c(C(=O)NCc3ccccc3)c[nH]c12. The predicted molar refractivity (Wildman–Crippen MR) is 108 cm³/mol. The van der Waals surface area contributed by atoms with E-state index in [1.54, 1.807) is 0 Å². The Bertz CT molecular complexity index is 1030. The van der Waals surface area contributed by atoms with Crippen molar-refractivity contribution in [3.8, 4) is 6.01 Å². The number of aromatic nitrogens is 3. The van der Waals surface area contributed by atoms with Gasteiger partial charge in [0, 0.05) is 25.8 Å². The third-order valence-electron chi connectivity index (χ3n) is 4.48. The highest BCUT2D eigenvalue weighted by molar-refractivity contribution is 5.97. The van der Waals surface area contributed by atoms with E-state index in [1.807, 2.05) is 49.1 Å². The molecule has 2 aromatic heterocycles. The standard InChI is InChI=1S/C20H23N5O3/c1-4-25(5-2)18-16-15(23-20(24-18)28-3)17(26)14(12-21-16)19(27)22-11-13-9-7-6-8-10-13/h6-10,12H,4-5,11H2,1-3H3,(H,21,26)(H,22,27). The molecule has 0 atom stereocenters. The summed E-state index contributed by atoms with van der Waals surface area (Å²) in [6, 6.07) is 9.57. The number of nitrogens with one attached hydrogen (secondary N) is 2. The lowest BCUT2D eigenvalue weighted by Gasteiger charge is -2.21. The summed E-state index contributed by atoms with van der Waals surface area (Å²) in [7, 11) is 1.44. The monoisotopic (exact) mass is 381 g/mol. The Morgan fingerprint density at radius 1 is 1.18 bits per heavy atom. The molecule has 8 nitrogen and oxygen atoms in total. The molecule has 0 radical (unpaired) electrons. The molecule has 146 valence electrons. The van der Waals surface area contributed by atoms with E-state index in [0.29, 0.717) is 31.0 Å². The first kappa shape index (κ1) is 19.3. The molecule has 0 fully saturated rings. The highest BCUT2D eigenvalue weighted by atomic mass is 16.5. The van der Waals surface area contributed by atoms with Gasteiger partial charge in [-0.1, -0.05) is 30.3 Å². The van der Waals surface area contributed by atoms with Gasteiger partial charge in [0.25, 0.3) is 5.91 Å². The molecule has 1 aromatic carbocycles. The lowest BCUT2D eigenvalue weighted by Crippen LogP contribution is -2.30. The van der Waals surface area contributed by atoms with Gasteiger partial charge in [-0.3, -0.25) is 9.59 Å². The molecule has 0 aliphatic heterocycles. The van der Waals surface area contributed by atoms with Crippen molar-refractivity contribution in [3.05, 3.63) is 57.9 Å². The molecular formula is C20H23N5O3. The Hall–Kier alpha value is -3.42. The van der Waals surface area contributed by atoms with Gasteiger partial charge >= 0.3 is 6.01 Å². The fraction of sp³-hybridized carbons (Fsp3) is 0.300. The number of anilines is 1. The van der Waals surface area contributed by atoms with Gasteiger partial charge in [0.1, 0.15) is 16.6 Å². The van der Waals surface area contributed by atoms with Gasteiger partial charge in [0.15, 0.2) is 5.82 Å². The lowest BCUT2D eigenvalue weighted by molar-refractivity contribution is 0.0949. The quantitative estimate of drug-likeness (QED) is 0.650. The zero-order valence-electron chi connectivity index (χ0n) is 16.2. The molecule has 0 saturated heterocycles. The predicted octanol–water partition coefficient (Wildman–Crippen LogP) is 2.10. The summed E-state index contributed by atoms with van der Waals surface area (Å²) in [5.74, 6) is 0.106. The van der Waals surface area contributed by atoms with Gasteiger partial charge < -0.3 is 19.9 Å². The summed E-state index contributed by atoms with van der Waals surface area (Å²) in [5, 5.41) is 2.77. The number of pyridine rings is 1. The van der Waals surface area contributed by atoms with Crippen molar-refractivity contribution in [2.24, 2.45) is 0 Å². The zero-order chi connectivity index (χ0) is 20.1. The number of H-pyrrole nitrogens is 1. The average Bonchev–Trinajstić information content (AvgIpc) is 2.74. The van der Waals surface area contributed by atoms with Crippen molar-refractivity contribution in [1.29, 1.82) is 0 Å².